The topological polar surface area (TPSA) is 379 Å². The third-order valence-electron chi connectivity index (χ3n) is 21.9. The fourth-order valence-corrected chi connectivity index (χ4v) is 15.3. The number of hydrogen-bond acceptors (Lipinski definition) is 18. The highest BCUT2D eigenvalue weighted by Gasteiger charge is 2.48. The molecule has 9 amide bonds. The van der Waals surface area contributed by atoms with E-state index in [1.54, 1.807) is 41.5 Å². The van der Waals surface area contributed by atoms with Gasteiger partial charge in [0, 0.05) is 169 Å². The van der Waals surface area contributed by atoms with E-state index < -0.39 is 281 Å². The first-order valence-corrected chi connectivity index (χ1v) is 43.1. The van der Waals surface area contributed by atoms with Crippen molar-refractivity contribution in [1.29, 1.82) is 0 Å². The number of carboxylic acids is 1. The summed E-state index contributed by atoms with van der Waals surface area (Å²) in [6, 6.07) is -0.368. The highest BCUT2D eigenvalue weighted by molar-refractivity contribution is 5.95. The van der Waals surface area contributed by atoms with Crippen LogP contribution in [0, 0.1) is 69.8 Å². The van der Waals surface area contributed by atoms with Crippen LogP contribution >= 0.6 is 24.8 Å². The van der Waals surface area contributed by atoms with Crippen molar-refractivity contribution in [2.75, 3.05) is 68.5 Å². The van der Waals surface area contributed by atoms with Gasteiger partial charge in [-0.2, -0.15) is 52.7 Å². The fourth-order valence-electron chi connectivity index (χ4n) is 15.3. The standard InChI is InChI=1S/C25H29F6N5O4.C23H24F6N4O5.2C20H21F6N5O2.2ClH/c1-24(2,3)40-23(39)32-14(8-13-9-16(27)17(28)11-15(13)26)10-19(37)35-6-7-36-18(12-35)20(21(38)34(4)5)33-22(36)25(29,30)31;1-22(2,3)38-21(37)30-12(6-11-7-14(25)15(26)9-13(11)24)8-17(34)32-4-5-33-16(10-32)18(19(35)36)31-20(33)23(27,28)29;2*1-29(2)18(33)17-15-9-30(3-4-31(15)19(28-17)20(24,25)26)16(32)7-11(27)5-10-6-13(22)14(23)8-12(10)21;;/h9,11,14H,6-8,10,12H2,1-5H3,(H,32,39);7,9,12H,4-6,8,10H2,1-3H3,(H,30,37)(H,35,36);2*6,8,11H,3-5,7,9,27H2,1-2H3;2*1H/t14-;12-;2*11-;;/m1111../s1. The number of nitrogens with two attached hydrogens (primary N) is 2. The van der Waals surface area contributed by atoms with Gasteiger partial charge in [-0.25, -0.2) is 87.0 Å². The van der Waals surface area contributed by atoms with E-state index in [2.05, 4.69) is 30.6 Å². The van der Waals surface area contributed by atoms with Crippen molar-refractivity contribution in [2.24, 2.45) is 11.5 Å². The summed E-state index contributed by atoms with van der Waals surface area (Å²) in [6.45, 7) is 6.11. The minimum atomic E-state index is -4.93. The third kappa shape index (κ3) is 30.5. The number of rotatable bonds is 22. The molecule has 4 aromatic carbocycles. The molecule has 32 nitrogen and oxygen atoms in total. The molecule has 0 spiro atoms. The molecule has 8 aromatic rings. The summed E-state index contributed by atoms with van der Waals surface area (Å²) in [7, 11) is 8.15. The van der Waals surface area contributed by atoms with Crippen molar-refractivity contribution in [1.82, 2.24) is 83.1 Å². The minimum absolute atomic E-state index is 0. The molecule has 804 valence electrons. The van der Waals surface area contributed by atoms with Gasteiger partial charge in [0.1, 0.15) is 34.5 Å². The van der Waals surface area contributed by atoms with Gasteiger partial charge in [-0.3, -0.25) is 33.6 Å². The summed E-state index contributed by atoms with van der Waals surface area (Å²) in [5, 5.41) is 14.1. The van der Waals surface area contributed by atoms with Gasteiger partial charge < -0.3 is 89.2 Å². The molecule has 4 aliphatic heterocycles. The van der Waals surface area contributed by atoms with E-state index in [4.69, 9.17) is 20.9 Å². The number of alkyl halides is 12. The molecule has 4 atom stereocenters. The molecule has 12 rings (SSSR count). The van der Waals surface area contributed by atoms with Crippen LogP contribution in [0.4, 0.5) is 115 Å². The van der Waals surface area contributed by atoms with Crippen molar-refractivity contribution < 1.29 is 168 Å². The van der Waals surface area contributed by atoms with Gasteiger partial charge in [0.2, 0.25) is 46.9 Å². The zero-order chi connectivity index (χ0) is 108. The summed E-state index contributed by atoms with van der Waals surface area (Å²) in [4.78, 5) is 147. The first kappa shape index (κ1) is 120. The number of benzene rings is 4. The van der Waals surface area contributed by atoms with Gasteiger partial charge in [0.25, 0.3) is 17.7 Å². The maximum atomic E-state index is 14.4. The number of alkyl carbamates (subject to hydrolysis) is 2. The van der Waals surface area contributed by atoms with E-state index in [1.807, 2.05) is 0 Å². The number of amides is 9. The molecule has 4 aromatic heterocycles. The van der Waals surface area contributed by atoms with Crippen LogP contribution in [-0.4, -0.2) is 241 Å². The van der Waals surface area contributed by atoms with Crippen LogP contribution in [0.1, 0.15) is 178 Å². The molecule has 0 saturated heterocycles. The number of aromatic nitrogens is 8. The number of aromatic carboxylic acids is 1. The molecule has 0 bridgehead atoms. The van der Waals surface area contributed by atoms with E-state index in [-0.39, 0.29) is 154 Å². The summed E-state index contributed by atoms with van der Waals surface area (Å²) in [6.07, 6.45) is -24.4. The number of carboxylic acid groups (broad SMARTS) is 1. The summed E-state index contributed by atoms with van der Waals surface area (Å²) < 4.78 is 338. The molecule has 58 heteroatoms. The maximum absolute atomic E-state index is 14.4. The Labute approximate surface area is 826 Å². The predicted molar refractivity (Wildman–Crippen MR) is 467 cm³/mol. The summed E-state index contributed by atoms with van der Waals surface area (Å²) in [5.74, 6) is -26.6. The lowest BCUT2D eigenvalue weighted by molar-refractivity contribution is -0.149. The zero-order valence-corrected chi connectivity index (χ0v) is 80.8. The number of halogens is 26. The largest absolute Gasteiger partial charge is 0.476 e. The van der Waals surface area contributed by atoms with Crippen LogP contribution in [0.2, 0.25) is 0 Å². The number of hydrogen-bond donors (Lipinski definition) is 5. The Hall–Kier alpha value is -13.2. The van der Waals surface area contributed by atoms with Gasteiger partial charge in [-0.15, -0.1) is 24.8 Å². The monoisotopic (exact) mass is 2150 g/mol. The number of carbonyl (C=O) groups is 10. The number of imidazole rings is 4. The molecule has 0 saturated carbocycles. The lowest BCUT2D eigenvalue weighted by atomic mass is 10.0. The number of ether oxygens (including phenoxy) is 2. The van der Waals surface area contributed by atoms with Crippen molar-refractivity contribution in [2.45, 2.75) is 205 Å². The number of fused-ring (bicyclic) bond motifs is 4. The van der Waals surface area contributed by atoms with Gasteiger partial charge in [0.15, 0.2) is 69.3 Å². The van der Waals surface area contributed by atoms with Crippen molar-refractivity contribution in [3.05, 3.63) is 209 Å². The quantitative estimate of drug-likeness (QED) is 0.0311. The van der Waals surface area contributed by atoms with E-state index in [1.165, 1.54) is 57.0 Å². The van der Waals surface area contributed by atoms with E-state index >= 15 is 0 Å². The Morgan fingerprint density at radius 2 is 0.541 bits per heavy atom. The van der Waals surface area contributed by atoms with Crippen LogP contribution < -0.4 is 22.1 Å². The van der Waals surface area contributed by atoms with E-state index in [0.717, 1.165) is 33.3 Å². The summed E-state index contributed by atoms with van der Waals surface area (Å²) in [5.41, 5.74) is 6.12. The molecular formula is C88H97Cl2F24N19O13. The summed E-state index contributed by atoms with van der Waals surface area (Å²) >= 11 is 0. The number of nitrogens with zero attached hydrogens (tertiary/aromatic N) is 15. The van der Waals surface area contributed by atoms with Crippen molar-refractivity contribution >= 4 is 84.3 Å². The number of carbonyl (C=O) groups excluding carboxylic acids is 9. The SMILES string of the molecule is CC(C)(C)OC(=O)N[C@@H](CC(=O)N1CCn2c(C(F)(F)F)nc(C(=O)O)c2C1)Cc1cc(F)c(F)cc1F.CN(C)C(=O)c1nc(C(F)(F)F)n2c1CN(C(=O)C[C@@H](Cc1cc(F)c(F)cc1F)NC(=O)OC(C)(C)C)CC2.CN(C)C(=O)c1nc(C(F)(F)F)n2c1CN(C(=O)C[C@H](N)Cc1cc(F)c(F)cc1F)CC2.CN(C)C(=O)c1nc(C(F)(F)F)n2c1CN(C(=O)C[C@H](N)Cc1cc(F)c(F)cc1F)CC2.Cl.Cl. The van der Waals surface area contributed by atoms with Crippen LogP contribution in [-0.2, 0) is 131 Å². The maximum Gasteiger partial charge on any atom is 0.449 e. The smallest absolute Gasteiger partial charge is 0.449 e. The number of nitrogens with one attached hydrogen (secondary N) is 2. The van der Waals surface area contributed by atoms with Crippen LogP contribution in [0.25, 0.3) is 0 Å². The van der Waals surface area contributed by atoms with Gasteiger partial charge in [-0.05, 0) is 114 Å². The highest BCUT2D eigenvalue weighted by atomic mass is 35.5. The molecule has 0 radical (unpaired) electrons. The molecular weight excluding hydrogens is 2060 g/mol. The van der Waals surface area contributed by atoms with Gasteiger partial charge in [0.05, 0.1) is 49.0 Å². The van der Waals surface area contributed by atoms with Crippen LogP contribution in [0.5, 0.6) is 0 Å². The molecule has 146 heavy (non-hydrogen) atoms. The lowest BCUT2D eigenvalue weighted by Crippen LogP contribution is -2.45. The third-order valence-corrected chi connectivity index (χ3v) is 21.9. The van der Waals surface area contributed by atoms with Gasteiger partial charge in [-0.1, -0.05) is 0 Å². The average Bonchev–Trinajstić information content (AvgIpc) is 1.63. The van der Waals surface area contributed by atoms with Crippen molar-refractivity contribution in [3.63, 3.8) is 0 Å². The second-order valence-electron chi connectivity index (χ2n) is 36.0. The predicted octanol–water partition coefficient (Wildman–Crippen LogP) is 13.3. The first-order valence-electron chi connectivity index (χ1n) is 43.1. The van der Waals surface area contributed by atoms with Crippen LogP contribution in [0.15, 0.2) is 48.5 Å². The Balaban J connectivity index is 0.000000263. The van der Waals surface area contributed by atoms with Crippen molar-refractivity contribution in [3.8, 4) is 0 Å². The molecule has 0 aliphatic carbocycles. The fraction of sp³-hybridized carbons (Fsp3) is 0.477. The first-order chi connectivity index (χ1) is 66.4. The molecule has 0 fully saturated rings. The Morgan fingerprint density at radius 1 is 0.336 bits per heavy atom. The molecule has 0 unspecified atom stereocenters. The molecule has 7 N–H and O–H groups in total. The molecule has 8 heterocycles. The minimum Gasteiger partial charge on any atom is -0.476 e. The zero-order valence-electron chi connectivity index (χ0n) is 79.2. The second-order valence-corrected chi connectivity index (χ2v) is 36.0. The van der Waals surface area contributed by atoms with Gasteiger partial charge >= 0.3 is 42.9 Å². The molecule has 4 aliphatic rings. The Kier molecular flexibility index (Phi) is 39.0. The highest BCUT2D eigenvalue weighted by Crippen LogP contribution is 2.39. The second kappa shape index (κ2) is 47.6. The lowest BCUT2D eigenvalue weighted by Gasteiger charge is -2.31. The van der Waals surface area contributed by atoms with E-state index in [9.17, 15) is 158 Å². The average molecular weight is 2160 g/mol. The van der Waals surface area contributed by atoms with E-state index in [0.29, 0.717) is 53.1 Å². The van der Waals surface area contributed by atoms with Crippen LogP contribution in [0.3, 0.4) is 0 Å². The Bertz CT molecular complexity index is 6020. The Morgan fingerprint density at radius 3 is 0.753 bits per heavy atom. The normalized spacial score (nSPS) is 14.4.